The molecule has 0 atom stereocenters. The van der Waals surface area contributed by atoms with Crippen LogP contribution in [0.25, 0.3) is 0 Å². The first-order chi connectivity index (χ1) is 10.7. The van der Waals surface area contributed by atoms with Gasteiger partial charge in [0.15, 0.2) is 0 Å². The number of nitrogens with zero attached hydrogens (tertiary/aromatic N) is 2. The molecule has 0 radical (unpaired) electrons. The van der Waals surface area contributed by atoms with Crippen LogP contribution in [0, 0.1) is 0 Å². The summed E-state index contributed by atoms with van der Waals surface area (Å²) < 4.78 is 0.752. The third-order valence-corrected chi connectivity index (χ3v) is 5.35. The molecule has 1 aromatic heterocycles. The van der Waals surface area contributed by atoms with Crippen LogP contribution in [0.4, 0.5) is 0 Å². The van der Waals surface area contributed by atoms with Crippen molar-refractivity contribution in [3.05, 3.63) is 28.5 Å². The lowest BCUT2D eigenvalue weighted by atomic mass is 9.89. The van der Waals surface area contributed by atoms with Gasteiger partial charge in [0.1, 0.15) is 0 Å². The minimum Gasteiger partial charge on any atom is -0.349 e. The summed E-state index contributed by atoms with van der Waals surface area (Å²) in [4.78, 5) is 18.9. The molecule has 5 nitrogen and oxygen atoms in total. The lowest BCUT2D eigenvalue weighted by molar-refractivity contribution is 0.0893. The molecule has 0 bridgehead atoms. The van der Waals surface area contributed by atoms with E-state index in [4.69, 9.17) is 0 Å². The molecule has 120 valence electrons. The van der Waals surface area contributed by atoms with Crippen molar-refractivity contribution in [2.45, 2.75) is 37.8 Å². The lowest BCUT2D eigenvalue weighted by Crippen LogP contribution is -2.50. The third-order valence-electron chi connectivity index (χ3n) is 4.72. The minimum absolute atomic E-state index is 0.0000949. The van der Waals surface area contributed by atoms with Crippen LogP contribution in [0.15, 0.2) is 22.9 Å². The average Bonchev–Trinajstić information content (AvgIpc) is 2.57. The maximum absolute atomic E-state index is 12.3. The Kier molecular flexibility index (Phi) is 5.44. The second-order valence-corrected chi connectivity index (χ2v) is 6.97. The third kappa shape index (κ3) is 3.86. The van der Waals surface area contributed by atoms with E-state index in [0.717, 1.165) is 43.5 Å². The molecule has 1 aliphatic carbocycles. The zero-order valence-electron chi connectivity index (χ0n) is 12.7. The van der Waals surface area contributed by atoms with Gasteiger partial charge in [-0.15, -0.1) is 0 Å². The Hall–Kier alpha value is -0.980. The molecule has 1 amide bonds. The molecule has 1 aliphatic heterocycles. The normalized spacial score (nSPS) is 26.6. The predicted molar refractivity (Wildman–Crippen MR) is 89.9 cm³/mol. The van der Waals surface area contributed by atoms with Gasteiger partial charge in [-0.05, 0) is 47.7 Å². The Morgan fingerprint density at radius 3 is 2.68 bits per heavy atom. The minimum atomic E-state index is -0.0000949. The molecule has 2 N–H and O–H groups in total. The molecule has 0 unspecified atom stereocenters. The van der Waals surface area contributed by atoms with Gasteiger partial charge >= 0.3 is 0 Å². The molecule has 0 spiro atoms. The fourth-order valence-corrected chi connectivity index (χ4v) is 3.89. The zero-order valence-corrected chi connectivity index (χ0v) is 14.3. The molecule has 2 heterocycles. The number of halogens is 1. The fraction of sp³-hybridized carbons (Fsp3) is 0.625. The highest BCUT2D eigenvalue weighted by Crippen LogP contribution is 2.24. The smallest absolute Gasteiger partial charge is 0.252 e. The number of amides is 1. The van der Waals surface area contributed by atoms with E-state index in [9.17, 15) is 4.79 Å². The first-order valence-corrected chi connectivity index (χ1v) is 8.88. The van der Waals surface area contributed by atoms with E-state index in [1.165, 1.54) is 12.8 Å². The number of carbonyl (C=O) groups excluding carboxylic acids is 1. The van der Waals surface area contributed by atoms with Gasteiger partial charge in [0.05, 0.1) is 5.56 Å². The molecule has 2 fully saturated rings. The summed E-state index contributed by atoms with van der Waals surface area (Å²) >= 11 is 3.39. The topological polar surface area (TPSA) is 57.3 Å². The summed E-state index contributed by atoms with van der Waals surface area (Å²) in [5.41, 5.74) is 0.666. The van der Waals surface area contributed by atoms with Crippen LogP contribution >= 0.6 is 15.9 Å². The lowest BCUT2D eigenvalue weighted by Gasteiger charge is -2.39. The number of rotatable bonds is 3. The largest absolute Gasteiger partial charge is 0.349 e. The SMILES string of the molecule is O=C(NC1CCC(N2CCNCC2)CC1)c1ccncc1Br. The molecule has 1 aromatic rings. The van der Waals surface area contributed by atoms with E-state index in [1.807, 2.05) is 0 Å². The molecule has 1 saturated carbocycles. The summed E-state index contributed by atoms with van der Waals surface area (Å²) in [5, 5.41) is 6.58. The van der Waals surface area contributed by atoms with Crippen molar-refractivity contribution in [2.75, 3.05) is 26.2 Å². The monoisotopic (exact) mass is 366 g/mol. The fourth-order valence-electron chi connectivity index (χ4n) is 3.46. The van der Waals surface area contributed by atoms with Crippen LogP contribution < -0.4 is 10.6 Å². The van der Waals surface area contributed by atoms with Crippen molar-refractivity contribution in [2.24, 2.45) is 0 Å². The molecular formula is C16H23BrN4O. The number of hydrogen-bond acceptors (Lipinski definition) is 4. The number of nitrogens with one attached hydrogen (secondary N) is 2. The molecule has 1 saturated heterocycles. The van der Waals surface area contributed by atoms with Crippen molar-refractivity contribution in [1.29, 1.82) is 0 Å². The first kappa shape index (κ1) is 15.9. The van der Waals surface area contributed by atoms with Gasteiger partial charge in [-0.2, -0.15) is 0 Å². The maximum Gasteiger partial charge on any atom is 0.252 e. The van der Waals surface area contributed by atoms with E-state index < -0.39 is 0 Å². The van der Waals surface area contributed by atoms with Gasteiger partial charge in [-0.3, -0.25) is 14.7 Å². The number of hydrogen-bond donors (Lipinski definition) is 2. The van der Waals surface area contributed by atoms with Gasteiger partial charge in [0.25, 0.3) is 5.91 Å². The number of pyridine rings is 1. The van der Waals surface area contributed by atoms with Crippen molar-refractivity contribution in [1.82, 2.24) is 20.5 Å². The number of aromatic nitrogens is 1. The summed E-state index contributed by atoms with van der Waals surface area (Å²) in [6.45, 7) is 4.52. The van der Waals surface area contributed by atoms with Crippen LogP contribution in [0.5, 0.6) is 0 Å². The summed E-state index contributed by atoms with van der Waals surface area (Å²) in [5.74, 6) is -0.0000949. The van der Waals surface area contributed by atoms with Crippen LogP contribution in [-0.2, 0) is 0 Å². The Morgan fingerprint density at radius 2 is 2.00 bits per heavy atom. The molecule has 3 rings (SSSR count). The number of piperazine rings is 1. The highest BCUT2D eigenvalue weighted by Gasteiger charge is 2.27. The van der Waals surface area contributed by atoms with E-state index in [-0.39, 0.29) is 5.91 Å². The van der Waals surface area contributed by atoms with Crippen LogP contribution in [-0.4, -0.2) is 54.1 Å². The predicted octanol–water partition coefficient (Wildman–Crippen LogP) is 1.79. The van der Waals surface area contributed by atoms with E-state index >= 15 is 0 Å². The summed E-state index contributed by atoms with van der Waals surface area (Å²) in [6.07, 6.45) is 7.83. The van der Waals surface area contributed by atoms with E-state index in [0.29, 0.717) is 17.6 Å². The van der Waals surface area contributed by atoms with Crippen molar-refractivity contribution in [3.8, 4) is 0 Å². The van der Waals surface area contributed by atoms with Crippen molar-refractivity contribution in [3.63, 3.8) is 0 Å². The van der Waals surface area contributed by atoms with Gasteiger partial charge in [0, 0.05) is 55.1 Å². The average molecular weight is 367 g/mol. The zero-order chi connectivity index (χ0) is 15.4. The van der Waals surface area contributed by atoms with Crippen LogP contribution in [0.1, 0.15) is 36.0 Å². The standard InChI is InChI=1S/C16H23BrN4O/c17-15-11-19-6-5-14(15)16(22)20-12-1-3-13(4-2-12)21-9-7-18-8-10-21/h5-6,11-13,18H,1-4,7-10H2,(H,20,22). The molecule has 6 heteroatoms. The molecular weight excluding hydrogens is 344 g/mol. The first-order valence-electron chi connectivity index (χ1n) is 8.09. The van der Waals surface area contributed by atoms with Crippen LogP contribution in [0.2, 0.25) is 0 Å². The van der Waals surface area contributed by atoms with Gasteiger partial charge in [0.2, 0.25) is 0 Å². The molecule has 0 aromatic carbocycles. The Morgan fingerprint density at radius 1 is 1.27 bits per heavy atom. The van der Waals surface area contributed by atoms with Gasteiger partial charge in [-0.25, -0.2) is 0 Å². The second-order valence-electron chi connectivity index (χ2n) is 6.12. The van der Waals surface area contributed by atoms with E-state index in [1.54, 1.807) is 18.5 Å². The summed E-state index contributed by atoms with van der Waals surface area (Å²) in [7, 11) is 0. The molecule has 2 aliphatic rings. The van der Waals surface area contributed by atoms with Crippen LogP contribution in [0.3, 0.4) is 0 Å². The van der Waals surface area contributed by atoms with Crippen molar-refractivity contribution >= 4 is 21.8 Å². The van der Waals surface area contributed by atoms with Crippen molar-refractivity contribution < 1.29 is 4.79 Å². The Labute approximate surface area is 140 Å². The van der Waals surface area contributed by atoms with Gasteiger partial charge < -0.3 is 10.6 Å². The second kappa shape index (κ2) is 7.53. The quantitative estimate of drug-likeness (QED) is 0.856. The van der Waals surface area contributed by atoms with E-state index in [2.05, 4.69) is 36.4 Å². The highest BCUT2D eigenvalue weighted by atomic mass is 79.9. The summed E-state index contributed by atoms with van der Waals surface area (Å²) in [6, 6.07) is 2.75. The maximum atomic E-state index is 12.3. The Bertz CT molecular complexity index is 511. The highest BCUT2D eigenvalue weighted by molar-refractivity contribution is 9.10. The number of carbonyl (C=O) groups is 1. The van der Waals surface area contributed by atoms with Gasteiger partial charge in [-0.1, -0.05) is 0 Å². The Balaban J connectivity index is 1.49. The molecule has 22 heavy (non-hydrogen) atoms.